The fraction of sp³-hybridized carbons (Fsp3) is 0.489. The highest BCUT2D eigenvalue weighted by atomic mass is 32.2. The number of nitrogens with zero attached hydrogens (tertiary/aromatic N) is 3. The Bertz CT molecular complexity index is 2120. The van der Waals surface area contributed by atoms with E-state index in [0.717, 1.165) is 81.7 Å². The molecule has 3 aromatic carbocycles. The average molecular weight is 885 g/mol. The lowest BCUT2D eigenvalue weighted by molar-refractivity contribution is -0.134. The van der Waals surface area contributed by atoms with Gasteiger partial charge >= 0.3 is 0 Å². The molecule has 3 heterocycles. The summed E-state index contributed by atoms with van der Waals surface area (Å²) in [7, 11) is 1.52. The summed E-state index contributed by atoms with van der Waals surface area (Å²) in [5, 5.41) is 8.24. The molecule has 3 aliphatic heterocycles. The number of unbranched alkanes of at least 4 members (excludes halogenated alkanes) is 6. The van der Waals surface area contributed by atoms with Crippen LogP contribution in [0.3, 0.4) is 0 Å². The zero-order chi connectivity index (χ0) is 44.9. The SMILES string of the molecule is CCOc1cc(C(C[S+](C)[O-])N2C(=O)c3cccc(NC(=O)CCCCCCCCCN4CCN(CC(=O)Nc5cccc(C6CCC(=O)NC6=O)c5)CC4)c3C2=O)ccc1OC. The summed E-state index contributed by atoms with van der Waals surface area (Å²) in [5.74, 6) is -1.33. The van der Waals surface area contributed by atoms with Crippen LogP contribution in [0.15, 0.2) is 60.7 Å². The fourth-order valence-corrected chi connectivity index (χ4v) is 9.32. The first-order valence-electron chi connectivity index (χ1n) is 22.0. The van der Waals surface area contributed by atoms with Crippen LogP contribution in [-0.2, 0) is 30.4 Å². The standard InChI is InChI=1S/C47H60N6O9S/c1-4-62-40-29-33(19-21-39(40)61-2)38(31-63(3)60)53-46(58)36-16-13-17-37(44(36)47(53)59)49-41(54)18-10-8-6-5-7-9-11-23-51-24-26-52(27-25-51)30-43(56)48-34-15-12-14-32(28-34)35-20-22-42(55)50-45(35)57/h12-17,19,21,28-29,35,38H,4-11,18,20,22-27,30-31H2,1-3H3,(H,48,56)(H,49,54)(H,50,55,57). The summed E-state index contributed by atoms with van der Waals surface area (Å²) >= 11 is -1.35. The van der Waals surface area contributed by atoms with Crippen molar-refractivity contribution in [1.82, 2.24) is 20.0 Å². The smallest absolute Gasteiger partial charge is 0.264 e. The Balaban J connectivity index is 0.854. The van der Waals surface area contributed by atoms with E-state index in [9.17, 15) is 33.3 Å². The highest BCUT2D eigenvalue weighted by Gasteiger charge is 2.44. The molecule has 3 N–H and O–H groups in total. The molecule has 3 aliphatic rings. The normalized spacial score (nSPS) is 17.8. The maximum Gasteiger partial charge on any atom is 0.264 e. The van der Waals surface area contributed by atoms with Crippen molar-refractivity contribution in [3.8, 4) is 11.5 Å². The average Bonchev–Trinajstić information content (AvgIpc) is 3.51. The second-order valence-corrected chi connectivity index (χ2v) is 17.9. The van der Waals surface area contributed by atoms with Gasteiger partial charge < -0.3 is 29.6 Å². The molecular formula is C47H60N6O9S. The molecule has 0 aromatic heterocycles. The molecule has 0 saturated carbocycles. The first-order valence-corrected chi connectivity index (χ1v) is 23.8. The van der Waals surface area contributed by atoms with Crippen LogP contribution in [0.1, 0.15) is 115 Å². The van der Waals surface area contributed by atoms with Crippen molar-refractivity contribution in [1.29, 1.82) is 0 Å². The molecule has 0 radical (unpaired) electrons. The highest BCUT2D eigenvalue weighted by molar-refractivity contribution is 7.90. The van der Waals surface area contributed by atoms with Crippen LogP contribution >= 0.6 is 0 Å². The molecule has 338 valence electrons. The second kappa shape index (κ2) is 22.9. The van der Waals surface area contributed by atoms with Gasteiger partial charge in [-0.05, 0) is 80.3 Å². The van der Waals surface area contributed by atoms with Crippen LogP contribution in [0.25, 0.3) is 0 Å². The molecule has 0 aliphatic carbocycles. The van der Waals surface area contributed by atoms with Gasteiger partial charge in [-0.3, -0.25) is 43.9 Å². The Hall–Kier alpha value is -5.29. The molecule has 16 heteroatoms. The van der Waals surface area contributed by atoms with Crippen molar-refractivity contribution in [3.63, 3.8) is 0 Å². The number of fused-ring (bicyclic) bond motifs is 1. The minimum atomic E-state index is -1.35. The maximum absolute atomic E-state index is 14.0. The van der Waals surface area contributed by atoms with Gasteiger partial charge in [0.05, 0.1) is 49.2 Å². The van der Waals surface area contributed by atoms with E-state index in [4.69, 9.17) is 9.47 Å². The Morgan fingerprint density at radius 2 is 1.56 bits per heavy atom. The summed E-state index contributed by atoms with van der Waals surface area (Å²) in [6, 6.07) is 16.5. The lowest BCUT2D eigenvalue weighted by Gasteiger charge is -2.34. The Kier molecular flexibility index (Phi) is 17.1. The number of carbonyl (C=O) groups excluding carboxylic acids is 6. The van der Waals surface area contributed by atoms with Gasteiger partial charge in [0, 0.05) is 44.7 Å². The van der Waals surface area contributed by atoms with Gasteiger partial charge in [0.2, 0.25) is 23.6 Å². The first kappa shape index (κ1) is 47.2. The van der Waals surface area contributed by atoms with Gasteiger partial charge in [-0.25, -0.2) is 0 Å². The van der Waals surface area contributed by atoms with E-state index >= 15 is 0 Å². The van der Waals surface area contributed by atoms with Gasteiger partial charge in [0.15, 0.2) is 11.5 Å². The van der Waals surface area contributed by atoms with Gasteiger partial charge in [0.1, 0.15) is 11.8 Å². The molecule has 0 spiro atoms. The van der Waals surface area contributed by atoms with E-state index in [2.05, 4.69) is 25.8 Å². The number of nitrogens with one attached hydrogen (secondary N) is 3. The number of imide groups is 2. The number of amides is 6. The monoisotopic (exact) mass is 884 g/mol. The summed E-state index contributed by atoms with van der Waals surface area (Å²) in [6.45, 7) is 7.01. The molecular weight excluding hydrogens is 825 g/mol. The predicted molar refractivity (Wildman–Crippen MR) is 241 cm³/mol. The number of hydrogen-bond donors (Lipinski definition) is 3. The first-order chi connectivity index (χ1) is 30.4. The highest BCUT2D eigenvalue weighted by Crippen LogP contribution is 2.39. The molecule has 0 bridgehead atoms. The molecule has 6 amide bonds. The van der Waals surface area contributed by atoms with Gasteiger partial charge in [-0.1, -0.05) is 67.5 Å². The van der Waals surface area contributed by atoms with Crippen LogP contribution in [0.2, 0.25) is 0 Å². The topological polar surface area (TPSA) is 190 Å². The minimum absolute atomic E-state index is 0.0302. The molecule has 6 rings (SSSR count). The minimum Gasteiger partial charge on any atom is -0.616 e. The number of ether oxygens (including phenoxy) is 2. The van der Waals surface area contributed by atoms with E-state index in [0.29, 0.717) is 61.6 Å². The third-order valence-electron chi connectivity index (χ3n) is 11.8. The largest absolute Gasteiger partial charge is 0.616 e. The summed E-state index contributed by atoms with van der Waals surface area (Å²) in [5.41, 5.74) is 2.64. The third kappa shape index (κ3) is 12.7. The molecule has 2 saturated heterocycles. The lowest BCUT2D eigenvalue weighted by atomic mass is 9.90. The van der Waals surface area contributed by atoms with E-state index in [1.54, 1.807) is 36.4 Å². The molecule has 63 heavy (non-hydrogen) atoms. The van der Waals surface area contributed by atoms with E-state index in [1.807, 2.05) is 31.2 Å². The van der Waals surface area contributed by atoms with E-state index < -0.39 is 34.9 Å². The van der Waals surface area contributed by atoms with Crippen LogP contribution < -0.4 is 25.4 Å². The van der Waals surface area contributed by atoms with Crippen molar-refractivity contribution >= 4 is 58.0 Å². The molecule has 2 fully saturated rings. The van der Waals surface area contributed by atoms with Crippen molar-refractivity contribution in [2.24, 2.45) is 0 Å². The zero-order valence-electron chi connectivity index (χ0n) is 36.6. The molecule has 3 unspecified atom stereocenters. The summed E-state index contributed by atoms with van der Waals surface area (Å²) in [6.07, 6.45) is 9.68. The Labute approximate surface area is 372 Å². The van der Waals surface area contributed by atoms with E-state index in [-0.39, 0.29) is 46.2 Å². The fourth-order valence-electron chi connectivity index (χ4n) is 8.54. The third-order valence-corrected chi connectivity index (χ3v) is 12.6. The Morgan fingerprint density at radius 1 is 0.841 bits per heavy atom. The molecule has 3 aromatic rings. The van der Waals surface area contributed by atoms with Crippen molar-refractivity contribution in [2.45, 2.75) is 83.1 Å². The van der Waals surface area contributed by atoms with Crippen LogP contribution in [-0.4, -0.2) is 120 Å². The second-order valence-electron chi connectivity index (χ2n) is 16.4. The van der Waals surface area contributed by atoms with Gasteiger partial charge in [0.25, 0.3) is 11.8 Å². The van der Waals surface area contributed by atoms with Crippen molar-refractivity contribution in [3.05, 3.63) is 82.9 Å². The number of rotatable bonds is 22. The Morgan fingerprint density at radius 3 is 2.27 bits per heavy atom. The lowest BCUT2D eigenvalue weighted by Crippen LogP contribution is -2.48. The van der Waals surface area contributed by atoms with Crippen molar-refractivity contribution in [2.75, 3.05) is 75.6 Å². The summed E-state index contributed by atoms with van der Waals surface area (Å²) in [4.78, 5) is 83.2. The van der Waals surface area contributed by atoms with Gasteiger partial charge in [-0.2, -0.15) is 0 Å². The zero-order valence-corrected chi connectivity index (χ0v) is 37.4. The van der Waals surface area contributed by atoms with Gasteiger partial charge in [-0.15, -0.1) is 0 Å². The van der Waals surface area contributed by atoms with Crippen LogP contribution in [0.4, 0.5) is 11.4 Å². The predicted octanol–water partition coefficient (Wildman–Crippen LogP) is 5.65. The number of piperidine rings is 1. The molecule has 15 nitrogen and oxygen atoms in total. The van der Waals surface area contributed by atoms with Crippen molar-refractivity contribution < 1.29 is 42.8 Å². The van der Waals surface area contributed by atoms with E-state index in [1.165, 1.54) is 13.4 Å². The van der Waals surface area contributed by atoms with Crippen LogP contribution in [0, 0.1) is 0 Å². The number of anilines is 2. The maximum atomic E-state index is 14.0. The number of carbonyl (C=O) groups is 6. The summed E-state index contributed by atoms with van der Waals surface area (Å²) < 4.78 is 23.7. The number of piperazine rings is 1. The van der Waals surface area contributed by atoms with Crippen LogP contribution in [0.5, 0.6) is 11.5 Å². The molecule has 3 atom stereocenters. The number of benzene rings is 3. The number of hydrogen-bond acceptors (Lipinski definition) is 11. The quantitative estimate of drug-likeness (QED) is 0.0643. The number of methoxy groups -OCH3 is 1.